The van der Waals surface area contributed by atoms with E-state index in [1.165, 1.54) is 49.0 Å². The van der Waals surface area contributed by atoms with Crippen LogP contribution in [0.5, 0.6) is 0 Å². The van der Waals surface area contributed by atoms with Gasteiger partial charge in [0.05, 0.1) is 0 Å². The summed E-state index contributed by atoms with van der Waals surface area (Å²) in [6.07, 6.45) is 8.81. The Morgan fingerprint density at radius 3 is 2.82 bits per heavy atom. The fraction of sp³-hybridized carbons (Fsp3) is 0.733. The van der Waals surface area contributed by atoms with Crippen molar-refractivity contribution in [3.8, 4) is 0 Å². The number of hydrogen-bond acceptors (Lipinski definition) is 2. The lowest BCUT2D eigenvalue weighted by Gasteiger charge is -2.30. The number of hydrogen-bond donors (Lipinski definition) is 1. The van der Waals surface area contributed by atoms with Gasteiger partial charge in [0.1, 0.15) is 0 Å². The Bertz CT molecular complexity index is 367. The monoisotopic (exact) mass is 249 g/mol. The maximum absolute atomic E-state index is 3.79. The van der Waals surface area contributed by atoms with E-state index < -0.39 is 0 Å². The van der Waals surface area contributed by atoms with Gasteiger partial charge in [-0.1, -0.05) is 12.8 Å². The first-order valence-electron chi connectivity index (χ1n) is 7.09. The molecule has 2 unspecified atom stereocenters. The summed E-state index contributed by atoms with van der Waals surface area (Å²) in [5, 5.41) is 6.00. The maximum Gasteiger partial charge on any atom is 0.0304 e. The van der Waals surface area contributed by atoms with Crippen LogP contribution in [-0.2, 0) is 6.54 Å². The third-order valence-corrected chi connectivity index (χ3v) is 5.55. The minimum atomic E-state index is 0.788. The average Bonchev–Trinajstić information content (AvgIpc) is 3.12. The van der Waals surface area contributed by atoms with Gasteiger partial charge >= 0.3 is 0 Å². The van der Waals surface area contributed by atoms with Crippen molar-refractivity contribution in [1.82, 2.24) is 5.32 Å². The van der Waals surface area contributed by atoms with Crippen LogP contribution in [0.1, 0.15) is 49.0 Å². The molecular weight excluding hydrogens is 226 g/mol. The Kier molecular flexibility index (Phi) is 3.53. The van der Waals surface area contributed by atoms with Crippen molar-refractivity contribution in [2.45, 2.75) is 58.0 Å². The van der Waals surface area contributed by atoms with E-state index in [1.54, 1.807) is 0 Å². The fourth-order valence-electron chi connectivity index (χ4n) is 3.23. The van der Waals surface area contributed by atoms with Gasteiger partial charge in [0.2, 0.25) is 0 Å². The van der Waals surface area contributed by atoms with Crippen molar-refractivity contribution in [3.05, 3.63) is 21.9 Å². The molecule has 2 saturated carbocycles. The summed E-state index contributed by atoms with van der Waals surface area (Å²) in [6, 6.07) is 3.02. The largest absolute Gasteiger partial charge is 0.309 e. The van der Waals surface area contributed by atoms with Gasteiger partial charge < -0.3 is 5.32 Å². The molecule has 0 saturated heterocycles. The van der Waals surface area contributed by atoms with Gasteiger partial charge in [-0.2, -0.15) is 0 Å². The highest BCUT2D eigenvalue weighted by atomic mass is 32.1. The molecule has 1 nitrogen and oxygen atoms in total. The molecule has 1 aromatic heterocycles. The Labute approximate surface area is 109 Å². The second-order valence-corrected chi connectivity index (χ2v) is 6.87. The topological polar surface area (TPSA) is 12.0 Å². The summed E-state index contributed by atoms with van der Waals surface area (Å²) in [5.41, 5.74) is 1.46. The van der Waals surface area contributed by atoms with E-state index in [9.17, 15) is 0 Å². The molecule has 1 aromatic rings. The van der Waals surface area contributed by atoms with Crippen molar-refractivity contribution in [2.24, 2.45) is 11.8 Å². The molecule has 2 aliphatic rings. The molecule has 2 atom stereocenters. The molecule has 17 heavy (non-hydrogen) atoms. The van der Waals surface area contributed by atoms with Crippen molar-refractivity contribution in [1.29, 1.82) is 0 Å². The first-order chi connectivity index (χ1) is 8.33. The van der Waals surface area contributed by atoms with Crippen LogP contribution in [0.2, 0.25) is 0 Å². The zero-order valence-corrected chi connectivity index (χ0v) is 11.6. The van der Waals surface area contributed by atoms with Gasteiger partial charge in [-0.05, 0) is 61.5 Å². The number of aryl methyl sites for hydroxylation is 1. The summed E-state index contributed by atoms with van der Waals surface area (Å²) in [6.45, 7) is 3.31. The molecule has 0 amide bonds. The van der Waals surface area contributed by atoms with Gasteiger partial charge in [-0.15, -0.1) is 11.3 Å². The van der Waals surface area contributed by atoms with Crippen LogP contribution in [0.3, 0.4) is 0 Å². The maximum atomic E-state index is 3.79. The fourth-order valence-corrected chi connectivity index (χ4v) is 4.09. The molecule has 1 N–H and O–H groups in total. The van der Waals surface area contributed by atoms with E-state index >= 15 is 0 Å². The molecule has 0 aliphatic heterocycles. The van der Waals surface area contributed by atoms with E-state index in [0.29, 0.717) is 0 Å². The van der Waals surface area contributed by atoms with E-state index in [1.807, 2.05) is 11.3 Å². The molecule has 1 heterocycles. The van der Waals surface area contributed by atoms with Crippen molar-refractivity contribution < 1.29 is 0 Å². The minimum Gasteiger partial charge on any atom is -0.309 e. The van der Waals surface area contributed by atoms with Gasteiger partial charge in [-0.25, -0.2) is 0 Å². The van der Waals surface area contributed by atoms with Crippen LogP contribution >= 0.6 is 11.3 Å². The zero-order valence-electron chi connectivity index (χ0n) is 10.7. The van der Waals surface area contributed by atoms with Crippen LogP contribution < -0.4 is 5.32 Å². The number of rotatable bonds is 4. The third-order valence-electron chi connectivity index (χ3n) is 4.52. The van der Waals surface area contributed by atoms with Gasteiger partial charge in [-0.3, -0.25) is 0 Å². The predicted octanol–water partition coefficient (Wildman–Crippen LogP) is 4.11. The lowest BCUT2D eigenvalue weighted by molar-refractivity contribution is 0.260. The summed E-state index contributed by atoms with van der Waals surface area (Å²) >= 11 is 1.90. The zero-order chi connectivity index (χ0) is 11.7. The molecule has 0 aromatic carbocycles. The lowest BCUT2D eigenvalue weighted by atomic mass is 9.83. The SMILES string of the molecule is Cc1ccsc1CNC1CCCC(C2CC2)C1. The van der Waals surface area contributed by atoms with Crippen molar-refractivity contribution in [3.63, 3.8) is 0 Å². The molecule has 0 spiro atoms. The Balaban J connectivity index is 1.49. The van der Waals surface area contributed by atoms with Gasteiger partial charge in [0, 0.05) is 17.5 Å². The number of thiophene rings is 1. The summed E-state index contributed by atoms with van der Waals surface area (Å²) < 4.78 is 0. The standard InChI is InChI=1S/C15H23NS/c1-11-7-8-17-15(11)10-16-14-4-2-3-13(9-14)12-5-6-12/h7-8,12-14,16H,2-6,9-10H2,1H3. The highest BCUT2D eigenvalue weighted by Crippen LogP contribution is 2.43. The van der Waals surface area contributed by atoms with Crippen LogP contribution in [0.25, 0.3) is 0 Å². The van der Waals surface area contributed by atoms with E-state index in [4.69, 9.17) is 0 Å². The van der Waals surface area contributed by atoms with Crippen LogP contribution in [0.4, 0.5) is 0 Å². The Morgan fingerprint density at radius 2 is 2.12 bits per heavy atom. The average molecular weight is 249 g/mol. The molecule has 94 valence electrons. The second kappa shape index (κ2) is 5.11. The quantitative estimate of drug-likeness (QED) is 0.846. The summed E-state index contributed by atoms with van der Waals surface area (Å²) in [4.78, 5) is 1.53. The second-order valence-electron chi connectivity index (χ2n) is 5.87. The molecule has 0 radical (unpaired) electrons. The predicted molar refractivity (Wildman–Crippen MR) is 74.4 cm³/mol. The molecule has 3 rings (SSSR count). The van der Waals surface area contributed by atoms with Crippen molar-refractivity contribution >= 4 is 11.3 Å². The highest BCUT2D eigenvalue weighted by Gasteiger charge is 2.34. The van der Waals surface area contributed by atoms with E-state index in [0.717, 1.165) is 24.4 Å². The molecule has 2 aliphatic carbocycles. The molecular formula is C15H23NS. The van der Waals surface area contributed by atoms with Crippen LogP contribution in [0, 0.1) is 18.8 Å². The first-order valence-corrected chi connectivity index (χ1v) is 7.97. The van der Waals surface area contributed by atoms with Crippen LogP contribution in [0.15, 0.2) is 11.4 Å². The summed E-state index contributed by atoms with van der Waals surface area (Å²) in [5.74, 6) is 2.15. The van der Waals surface area contributed by atoms with Gasteiger partial charge in [0.15, 0.2) is 0 Å². The van der Waals surface area contributed by atoms with Crippen LogP contribution in [-0.4, -0.2) is 6.04 Å². The minimum absolute atomic E-state index is 0.788. The Hall–Kier alpha value is -0.340. The van der Waals surface area contributed by atoms with Crippen molar-refractivity contribution in [2.75, 3.05) is 0 Å². The van der Waals surface area contributed by atoms with E-state index in [2.05, 4.69) is 23.7 Å². The molecule has 2 heteroatoms. The third kappa shape index (κ3) is 2.92. The highest BCUT2D eigenvalue weighted by molar-refractivity contribution is 7.10. The smallest absolute Gasteiger partial charge is 0.0304 e. The molecule has 0 bridgehead atoms. The Morgan fingerprint density at radius 1 is 1.24 bits per heavy atom. The first kappa shape index (κ1) is 11.7. The molecule has 2 fully saturated rings. The van der Waals surface area contributed by atoms with Gasteiger partial charge in [0.25, 0.3) is 0 Å². The lowest BCUT2D eigenvalue weighted by Crippen LogP contribution is -2.34. The van der Waals surface area contributed by atoms with E-state index in [-0.39, 0.29) is 0 Å². The summed E-state index contributed by atoms with van der Waals surface area (Å²) in [7, 11) is 0. The number of nitrogens with one attached hydrogen (secondary N) is 1. The normalized spacial score (nSPS) is 29.5.